The molecule has 0 spiro atoms. The molecule has 3 aliphatic rings. The summed E-state index contributed by atoms with van der Waals surface area (Å²) >= 11 is 0. The van der Waals surface area contributed by atoms with Crippen LogP contribution in [0.4, 0.5) is 0 Å². The van der Waals surface area contributed by atoms with Gasteiger partial charge in [-0.05, 0) is 44.4 Å². The lowest BCUT2D eigenvalue weighted by Crippen LogP contribution is -2.44. The van der Waals surface area contributed by atoms with Gasteiger partial charge in [0.1, 0.15) is 0 Å². The maximum atomic E-state index is 12.3. The van der Waals surface area contributed by atoms with E-state index in [0.717, 1.165) is 57.8 Å². The summed E-state index contributed by atoms with van der Waals surface area (Å²) in [6.45, 7) is 1.53. The van der Waals surface area contributed by atoms with E-state index in [1.54, 1.807) is 4.31 Å². The van der Waals surface area contributed by atoms with E-state index in [0.29, 0.717) is 19.6 Å². The Bertz CT molecular complexity index is 599. The molecule has 3 rings (SSSR count). The molecule has 1 aliphatic heterocycles. The van der Waals surface area contributed by atoms with E-state index < -0.39 is 20.0 Å². The molecule has 0 aromatic rings. The first-order valence-corrected chi connectivity index (χ1v) is 11.9. The average molecular weight is 365 g/mol. The van der Waals surface area contributed by atoms with Crippen LogP contribution in [0.1, 0.15) is 57.8 Å². The van der Waals surface area contributed by atoms with Gasteiger partial charge in [-0.2, -0.15) is 0 Å². The van der Waals surface area contributed by atoms with Crippen LogP contribution in [-0.2, 0) is 20.0 Å². The van der Waals surface area contributed by atoms with Crippen molar-refractivity contribution in [3.05, 3.63) is 0 Å². The van der Waals surface area contributed by atoms with Crippen LogP contribution in [0.3, 0.4) is 0 Å². The van der Waals surface area contributed by atoms with Gasteiger partial charge in [0, 0.05) is 19.6 Å². The zero-order valence-electron chi connectivity index (χ0n) is 13.6. The lowest BCUT2D eigenvalue weighted by atomic mass is 9.99. The number of nitrogens with zero attached hydrogens (tertiary/aromatic N) is 1. The molecular formula is C15H28N2O4S2. The molecule has 2 aliphatic carbocycles. The molecule has 6 nitrogen and oxygen atoms in total. The van der Waals surface area contributed by atoms with Gasteiger partial charge in [0.15, 0.2) is 0 Å². The van der Waals surface area contributed by atoms with Crippen molar-refractivity contribution in [3.63, 3.8) is 0 Å². The first-order chi connectivity index (χ1) is 10.9. The highest BCUT2D eigenvalue weighted by atomic mass is 32.2. The Hall–Kier alpha value is -0.180. The van der Waals surface area contributed by atoms with Crippen LogP contribution in [0.2, 0.25) is 0 Å². The van der Waals surface area contributed by atoms with Crippen molar-refractivity contribution >= 4 is 20.0 Å². The van der Waals surface area contributed by atoms with Crippen molar-refractivity contribution in [2.24, 2.45) is 5.92 Å². The predicted octanol–water partition coefficient (Wildman–Crippen LogP) is 1.44. The number of hydrogen-bond donors (Lipinski definition) is 1. The molecule has 134 valence electrons. The van der Waals surface area contributed by atoms with Gasteiger partial charge in [0.25, 0.3) is 0 Å². The van der Waals surface area contributed by atoms with Crippen LogP contribution >= 0.6 is 0 Å². The van der Waals surface area contributed by atoms with Crippen LogP contribution in [0.5, 0.6) is 0 Å². The molecule has 0 unspecified atom stereocenters. The van der Waals surface area contributed by atoms with Gasteiger partial charge in [-0.15, -0.1) is 0 Å². The molecule has 2 saturated carbocycles. The van der Waals surface area contributed by atoms with Gasteiger partial charge in [-0.3, -0.25) is 0 Å². The maximum absolute atomic E-state index is 12.3. The summed E-state index contributed by atoms with van der Waals surface area (Å²) in [4.78, 5) is 0. The van der Waals surface area contributed by atoms with E-state index in [2.05, 4.69) is 4.72 Å². The predicted molar refractivity (Wildman–Crippen MR) is 90.0 cm³/mol. The van der Waals surface area contributed by atoms with Crippen molar-refractivity contribution in [1.29, 1.82) is 0 Å². The van der Waals surface area contributed by atoms with Crippen molar-refractivity contribution in [2.45, 2.75) is 68.3 Å². The molecule has 0 radical (unpaired) electrons. The van der Waals surface area contributed by atoms with E-state index in [9.17, 15) is 16.8 Å². The summed E-state index contributed by atoms with van der Waals surface area (Å²) in [6, 6.07) is 0. The largest absolute Gasteiger partial charge is 0.216 e. The minimum absolute atomic E-state index is 0.149. The Balaban J connectivity index is 1.45. The topological polar surface area (TPSA) is 83.6 Å². The monoisotopic (exact) mass is 364 g/mol. The summed E-state index contributed by atoms with van der Waals surface area (Å²) in [5, 5.41) is -0.379. The molecule has 0 amide bonds. The lowest BCUT2D eigenvalue weighted by Gasteiger charge is -2.31. The SMILES string of the molecule is O=S(=O)(NCC1CCN(S(=O)(=O)C2CC2)CC1)C1CCCCC1. The quantitative estimate of drug-likeness (QED) is 0.773. The molecule has 8 heteroatoms. The molecule has 0 aromatic carbocycles. The number of rotatable bonds is 6. The number of piperidine rings is 1. The molecule has 3 fully saturated rings. The normalized spacial score (nSPS) is 26.4. The molecular weight excluding hydrogens is 336 g/mol. The highest BCUT2D eigenvalue weighted by Crippen LogP contribution is 2.33. The van der Waals surface area contributed by atoms with Gasteiger partial charge in [0.05, 0.1) is 10.5 Å². The van der Waals surface area contributed by atoms with Gasteiger partial charge in [0.2, 0.25) is 20.0 Å². The third-order valence-electron chi connectivity index (χ3n) is 5.44. The second-order valence-corrected chi connectivity index (χ2v) is 11.5. The molecule has 1 N–H and O–H groups in total. The molecule has 0 aromatic heterocycles. The second-order valence-electron chi connectivity index (χ2n) is 7.24. The second kappa shape index (κ2) is 6.98. The summed E-state index contributed by atoms with van der Waals surface area (Å²) in [7, 11) is -6.29. The zero-order valence-corrected chi connectivity index (χ0v) is 15.2. The van der Waals surface area contributed by atoms with Crippen LogP contribution < -0.4 is 4.72 Å². The fraction of sp³-hybridized carbons (Fsp3) is 1.00. The Morgan fingerprint density at radius 2 is 1.39 bits per heavy atom. The maximum Gasteiger partial charge on any atom is 0.216 e. The standard InChI is InChI=1S/C15H28N2O4S2/c18-22(19,14-4-2-1-3-5-14)16-12-13-8-10-17(11-9-13)23(20,21)15-6-7-15/h13-16H,1-12H2. The molecule has 23 heavy (non-hydrogen) atoms. The first-order valence-electron chi connectivity index (χ1n) is 8.87. The Morgan fingerprint density at radius 3 is 1.96 bits per heavy atom. The van der Waals surface area contributed by atoms with Crippen LogP contribution in [0, 0.1) is 5.92 Å². The van der Waals surface area contributed by atoms with Crippen molar-refractivity contribution < 1.29 is 16.8 Å². The van der Waals surface area contributed by atoms with E-state index in [1.165, 1.54) is 0 Å². The van der Waals surface area contributed by atoms with Crippen molar-refractivity contribution in [3.8, 4) is 0 Å². The Labute approximate surface area is 140 Å². The van der Waals surface area contributed by atoms with Gasteiger partial charge in [-0.1, -0.05) is 19.3 Å². The molecule has 0 bridgehead atoms. The number of hydrogen-bond acceptors (Lipinski definition) is 4. The third kappa shape index (κ3) is 4.27. The lowest BCUT2D eigenvalue weighted by molar-refractivity contribution is 0.273. The number of sulfonamides is 2. The van der Waals surface area contributed by atoms with E-state index >= 15 is 0 Å². The fourth-order valence-electron chi connectivity index (χ4n) is 3.67. The molecule has 0 atom stereocenters. The molecule has 1 heterocycles. The third-order valence-corrected chi connectivity index (χ3v) is 9.76. The zero-order chi connectivity index (χ0) is 16.5. The Kier molecular flexibility index (Phi) is 5.35. The van der Waals surface area contributed by atoms with Gasteiger partial charge < -0.3 is 0 Å². The summed E-state index contributed by atoms with van der Waals surface area (Å²) < 4.78 is 53.4. The van der Waals surface area contributed by atoms with Crippen LogP contribution in [0.25, 0.3) is 0 Å². The van der Waals surface area contributed by atoms with Crippen LogP contribution in [0.15, 0.2) is 0 Å². The van der Waals surface area contributed by atoms with Gasteiger partial charge >= 0.3 is 0 Å². The number of nitrogens with one attached hydrogen (secondary N) is 1. The molecule has 1 saturated heterocycles. The van der Waals surface area contributed by atoms with Crippen LogP contribution in [-0.4, -0.2) is 51.3 Å². The summed E-state index contributed by atoms with van der Waals surface area (Å²) in [6.07, 6.45) is 7.78. The van der Waals surface area contributed by atoms with Crippen molar-refractivity contribution in [2.75, 3.05) is 19.6 Å². The summed E-state index contributed by atoms with van der Waals surface area (Å²) in [5.41, 5.74) is 0. The highest BCUT2D eigenvalue weighted by molar-refractivity contribution is 7.90. The van der Waals surface area contributed by atoms with Gasteiger partial charge in [-0.25, -0.2) is 25.9 Å². The minimum Gasteiger partial charge on any atom is -0.215 e. The Morgan fingerprint density at radius 1 is 0.783 bits per heavy atom. The van der Waals surface area contributed by atoms with E-state index in [1.807, 2.05) is 0 Å². The summed E-state index contributed by atoms with van der Waals surface area (Å²) in [5.74, 6) is 0.249. The first kappa shape index (κ1) is 17.6. The minimum atomic E-state index is -3.21. The fourth-order valence-corrected chi connectivity index (χ4v) is 7.20. The van der Waals surface area contributed by atoms with Crippen molar-refractivity contribution in [1.82, 2.24) is 9.03 Å². The smallest absolute Gasteiger partial charge is 0.215 e. The highest BCUT2D eigenvalue weighted by Gasteiger charge is 2.41. The van der Waals surface area contributed by atoms with E-state index in [-0.39, 0.29) is 16.4 Å². The average Bonchev–Trinajstić information content (AvgIpc) is 3.40. The van der Waals surface area contributed by atoms with E-state index in [4.69, 9.17) is 0 Å².